The zero-order valence-electron chi connectivity index (χ0n) is 14.0. The SMILES string of the molecule is Cc1cccc(CCCCCC(=O)O)c1CCCCCC(=O)O. The van der Waals surface area contributed by atoms with Crippen LogP contribution >= 0.6 is 0 Å². The molecule has 2 N–H and O–H groups in total. The Morgan fingerprint density at radius 2 is 1.39 bits per heavy atom. The highest BCUT2D eigenvalue weighted by atomic mass is 16.4. The van der Waals surface area contributed by atoms with Crippen molar-refractivity contribution in [1.29, 1.82) is 0 Å². The van der Waals surface area contributed by atoms with Crippen LogP contribution in [0, 0.1) is 6.92 Å². The van der Waals surface area contributed by atoms with E-state index in [4.69, 9.17) is 10.2 Å². The molecule has 4 nitrogen and oxygen atoms in total. The molecule has 0 fully saturated rings. The fraction of sp³-hybridized carbons (Fsp3) is 0.579. The quantitative estimate of drug-likeness (QED) is 0.561. The summed E-state index contributed by atoms with van der Waals surface area (Å²) in [6, 6.07) is 6.37. The van der Waals surface area contributed by atoms with Crippen LogP contribution in [-0.2, 0) is 22.4 Å². The molecule has 1 rings (SSSR count). The van der Waals surface area contributed by atoms with Gasteiger partial charge in [-0.1, -0.05) is 31.0 Å². The molecule has 23 heavy (non-hydrogen) atoms. The molecule has 4 heteroatoms. The van der Waals surface area contributed by atoms with E-state index in [9.17, 15) is 9.59 Å². The van der Waals surface area contributed by atoms with Gasteiger partial charge in [-0.3, -0.25) is 9.59 Å². The van der Waals surface area contributed by atoms with Crippen molar-refractivity contribution in [1.82, 2.24) is 0 Å². The van der Waals surface area contributed by atoms with Crippen molar-refractivity contribution >= 4 is 11.9 Å². The Labute approximate surface area is 138 Å². The van der Waals surface area contributed by atoms with E-state index in [2.05, 4.69) is 25.1 Å². The van der Waals surface area contributed by atoms with E-state index in [1.54, 1.807) is 0 Å². The van der Waals surface area contributed by atoms with Crippen LogP contribution in [0.5, 0.6) is 0 Å². The molecule has 0 spiro atoms. The lowest BCUT2D eigenvalue weighted by molar-refractivity contribution is -0.138. The van der Waals surface area contributed by atoms with Crippen molar-refractivity contribution in [3.63, 3.8) is 0 Å². The molecule has 0 saturated carbocycles. The monoisotopic (exact) mass is 320 g/mol. The van der Waals surface area contributed by atoms with Gasteiger partial charge in [0, 0.05) is 12.8 Å². The van der Waals surface area contributed by atoms with E-state index >= 15 is 0 Å². The Kier molecular flexibility index (Phi) is 9.03. The first-order chi connectivity index (χ1) is 11.0. The van der Waals surface area contributed by atoms with Crippen molar-refractivity contribution in [3.8, 4) is 0 Å². The molecular formula is C19H28O4. The standard InChI is InChI=1S/C19H28O4/c1-15-9-8-11-16(10-4-2-6-13-18(20)21)17(15)12-5-3-7-14-19(22)23/h8-9,11H,2-7,10,12-14H2,1H3,(H,20,21)(H,22,23). The van der Waals surface area contributed by atoms with E-state index in [1.807, 2.05) is 0 Å². The Morgan fingerprint density at radius 3 is 1.96 bits per heavy atom. The molecule has 0 bridgehead atoms. The summed E-state index contributed by atoms with van der Waals surface area (Å²) in [6.07, 6.45) is 7.90. The largest absolute Gasteiger partial charge is 0.481 e. The fourth-order valence-corrected chi connectivity index (χ4v) is 2.88. The van der Waals surface area contributed by atoms with Gasteiger partial charge in [-0.15, -0.1) is 0 Å². The highest BCUT2D eigenvalue weighted by Crippen LogP contribution is 2.20. The molecule has 0 saturated heterocycles. The lowest BCUT2D eigenvalue weighted by atomic mass is 9.93. The van der Waals surface area contributed by atoms with Crippen molar-refractivity contribution in [2.75, 3.05) is 0 Å². The highest BCUT2D eigenvalue weighted by Gasteiger charge is 2.06. The molecule has 0 radical (unpaired) electrons. The lowest BCUT2D eigenvalue weighted by Gasteiger charge is -2.12. The van der Waals surface area contributed by atoms with E-state index in [0.717, 1.165) is 51.4 Å². The second kappa shape index (κ2) is 10.8. The maximum Gasteiger partial charge on any atom is 0.303 e. The summed E-state index contributed by atoms with van der Waals surface area (Å²) in [5, 5.41) is 17.3. The Morgan fingerprint density at radius 1 is 0.826 bits per heavy atom. The molecule has 0 heterocycles. The first-order valence-corrected chi connectivity index (χ1v) is 8.51. The molecule has 0 atom stereocenters. The van der Waals surface area contributed by atoms with Crippen LogP contribution in [0.3, 0.4) is 0 Å². The van der Waals surface area contributed by atoms with Crippen LogP contribution in [0.4, 0.5) is 0 Å². The third-order valence-electron chi connectivity index (χ3n) is 4.16. The van der Waals surface area contributed by atoms with E-state index in [0.29, 0.717) is 0 Å². The Balaban J connectivity index is 2.41. The number of aliphatic carboxylic acids is 2. The maximum absolute atomic E-state index is 10.5. The van der Waals surface area contributed by atoms with E-state index < -0.39 is 11.9 Å². The first-order valence-electron chi connectivity index (χ1n) is 8.51. The molecule has 1 aromatic rings. The number of benzene rings is 1. The number of carboxylic acid groups (broad SMARTS) is 2. The Bertz CT molecular complexity index is 508. The number of carbonyl (C=O) groups is 2. The molecule has 0 aliphatic heterocycles. The molecular weight excluding hydrogens is 292 g/mol. The van der Waals surface area contributed by atoms with Crippen molar-refractivity contribution in [3.05, 3.63) is 34.9 Å². The lowest BCUT2D eigenvalue weighted by Crippen LogP contribution is -2.00. The second-order valence-corrected chi connectivity index (χ2v) is 6.12. The Hall–Kier alpha value is -1.84. The minimum Gasteiger partial charge on any atom is -0.481 e. The van der Waals surface area contributed by atoms with E-state index in [-0.39, 0.29) is 12.8 Å². The maximum atomic E-state index is 10.5. The van der Waals surface area contributed by atoms with Gasteiger partial charge in [0.1, 0.15) is 0 Å². The fourth-order valence-electron chi connectivity index (χ4n) is 2.88. The van der Waals surface area contributed by atoms with Crippen LogP contribution in [0.25, 0.3) is 0 Å². The molecule has 0 aromatic heterocycles. The van der Waals surface area contributed by atoms with Crippen molar-refractivity contribution in [2.45, 2.75) is 71.1 Å². The molecule has 0 unspecified atom stereocenters. The molecule has 0 aliphatic rings. The topological polar surface area (TPSA) is 74.6 Å². The van der Waals surface area contributed by atoms with Gasteiger partial charge in [0.2, 0.25) is 0 Å². The number of unbranched alkanes of at least 4 members (excludes halogenated alkanes) is 4. The number of aryl methyl sites for hydroxylation is 2. The summed E-state index contributed by atoms with van der Waals surface area (Å²) >= 11 is 0. The molecule has 1 aromatic carbocycles. The minimum absolute atomic E-state index is 0.254. The zero-order valence-corrected chi connectivity index (χ0v) is 14.0. The minimum atomic E-state index is -0.720. The number of hydrogen-bond acceptors (Lipinski definition) is 2. The average Bonchev–Trinajstić information content (AvgIpc) is 2.48. The van der Waals surface area contributed by atoms with Gasteiger partial charge in [-0.2, -0.15) is 0 Å². The molecule has 128 valence electrons. The molecule has 0 aliphatic carbocycles. The summed E-state index contributed by atoms with van der Waals surface area (Å²) in [7, 11) is 0. The van der Waals surface area contributed by atoms with Crippen LogP contribution in [0.2, 0.25) is 0 Å². The van der Waals surface area contributed by atoms with Gasteiger partial charge in [0.05, 0.1) is 0 Å². The summed E-state index contributed by atoms with van der Waals surface area (Å²) < 4.78 is 0. The average molecular weight is 320 g/mol. The molecule has 0 amide bonds. The van der Waals surface area contributed by atoms with E-state index in [1.165, 1.54) is 16.7 Å². The summed E-state index contributed by atoms with van der Waals surface area (Å²) in [6.45, 7) is 2.13. The van der Waals surface area contributed by atoms with Gasteiger partial charge in [0.15, 0.2) is 0 Å². The van der Waals surface area contributed by atoms with Gasteiger partial charge >= 0.3 is 11.9 Å². The van der Waals surface area contributed by atoms with Gasteiger partial charge in [-0.25, -0.2) is 0 Å². The number of rotatable bonds is 12. The van der Waals surface area contributed by atoms with Crippen molar-refractivity contribution in [2.24, 2.45) is 0 Å². The summed E-state index contributed by atoms with van der Waals surface area (Å²) in [5.41, 5.74) is 4.05. The van der Waals surface area contributed by atoms with Crippen LogP contribution in [0.15, 0.2) is 18.2 Å². The van der Waals surface area contributed by atoms with Crippen LogP contribution < -0.4 is 0 Å². The third kappa shape index (κ3) is 8.38. The number of hydrogen-bond donors (Lipinski definition) is 2. The van der Waals surface area contributed by atoms with Crippen LogP contribution in [-0.4, -0.2) is 22.2 Å². The predicted octanol–water partition coefficient (Wildman–Crippen LogP) is 4.37. The summed E-state index contributed by atoms with van der Waals surface area (Å²) in [5.74, 6) is -1.44. The summed E-state index contributed by atoms with van der Waals surface area (Å²) in [4.78, 5) is 21.0. The number of carboxylic acids is 2. The van der Waals surface area contributed by atoms with Gasteiger partial charge in [0.25, 0.3) is 0 Å². The third-order valence-corrected chi connectivity index (χ3v) is 4.16. The second-order valence-electron chi connectivity index (χ2n) is 6.12. The van der Waals surface area contributed by atoms with Crippen LogP contribution in [0.1, 0.15) is 68.1 Å². The highest BCUT2D eigenvalue weighted by molar-refractivity contribution is 5.66. The van der Waals surface area contributed by atoms with Crippen molar-refractivity contribution < 1.29 is 19.8 Å². The zero-order chi connectivity index (χ0) is 17.1. The first kappa shape index (κ1) is 19.2. The normalized spacial score (nSPS) is 10.7. The smallest absolute Gasteiger partial charge is 0.303 e. The van der Waals surface area contributed by atoms with Gasteiger partial charge < -0.3 is 10.2 Å². The van der Waals surface area contributed by atoms with Gasteiger partial charge in [-0.05, 0) is 62.1 Å². The predicted molar refractivity (Wildman–Crippen MR) is 90.8 cm³/mol.